The van der Waals surface area contributed by atoms with Crippen molar-refractivity contribution >= 4 is 34.1 Å². The molecule has 0 radical (unpaired) electrons. The summed E-state index contributed by atoms with van der Waals surface area (Å²) in [6.45, 7) is 2.07. The van der Waals surface area contributed by atoms with Gasteiger partial charge in [-0.15, -0.1) is 23.1 Å². The molecule has 28 heavy (non-hydrogen) atoms. The maximum atomic E-state index is 12.2. The molecule has 1 N–H and O–H groups in total. The van der Waals surface area contributed by atoms with E-state index in [0.717, 1.165) is 17.0 Å². The Morgan fingerprint density at radius 1 is 1.14 bits per heavy atom. The molecule has 3 rings (SSSR count). The number of carbonyl (C=O) groups is 1. The number of aryl methyl sites for hydroxylation is 1. The van der Waals surface area contributed by atoms with Crippen molar-refractivity contribution in [1.82, 2.24) is 4.98 Å². The van der Waals surface area contributed by atoms with Crippen molar-refractivity contribution in [3.63, 3.8) is 0 Å². The summed E-state index contributed by atoms with van der Waals surface area (Å²) in [5.41, 5.74) is 4.15. The summed E-state index contributed by atoms with van der Waals surface area (Å²) in [6, 6.07) is 14.0. The van der Waals surface area contributed by atoms with Crippen LogP contribution in [0.5, 0.6) is 11.5 Å². The predicted molar refractivity (Wildman–Crippen MR) is 117 cm³/mol. The van der Waals surface area contributed by atoms with Gasteiger partial charge in [0.05, 0.1) is 25.7 Å². The maximum Gasteiger partial charge on any atom is 0.236 e. The van der Waals surface area contributed by atoms with E-state index < -0.39 is 0 Å². The molecule has 3 aromatic rings. The first-order valence-corrected chi connectivity index (χ1v) is 10.7. The Kier molecular flexibility index (Phi) is 6.95. The lowest BCUT2D eigenvalue weighted by atomic mass is 10.1. The monoisotopic (exact) mass is 414 g/mol. The van der Waals surface area contributed by atoms with Gasteiger partial charge in [-0.05, 0) is 30.7 Å². The van der Waals surface area contributed by atoms with Gasteiger partial charge in [-0.3, -0.25) is 4.79 Å². The van der Waals surface area contributed by atoms with Gasteiger partial charge in [-0.2, -0.15) is 0 Å². The predicted octanol–water partition coefficient (Wildman–Crippen LogP) is 5.01. The van der Waals surface area contributed by atoms with Crippen LogP contribution in [-0.4, -0.2) is 30.9 Å². The molecule has 1 amide bonds. The van der Waals surface area contributed by atoms with Gasteiger partial charge in [0.25, 0.3) is 0 Å². The molecule has 5 nitrogen and oxygen atoms in total. The van der Waals surface area contributed by atoms with Crippen molar-refractivity contribution in [2.24, 2.45) is 0 Å². The summed E-state index contributed by atoms with van der Waals surface area (Å²) in [5.74, 6) is 2.46. The number of anilines is 1. The molecule has 1 heterocycles. The summed E-state index contributed by atoms with van der Waals surface area (Å²) in [6.07, 6.45) is 0. The van der Waals surface area contributed by atoms with E-state index in [9.17, 15) is 4.79 Å². The zero-order chi connectivity index (χ0) is 19.9. The smallest absolute Gasteiger partial charge is 0.236 e. The molecule has 0 saturated carbocycles. The van der Waals surface area contributed by atoms with E-state index in [1.54, 1.807) is 26.0 Å². The molecule has 0 aliphatic carbocycles. The Balaban J connectivity index is 1.56. The molecular formula is C21H22N2O3S2. The highest BCUT2D eigenvalue weighted by atomic mass is 32.2. The average Bonchev–Trinajstić information content (AvgIpc) is 3.16. The van der Waals surface area contributed by atoms with Gasteiger partial charge in [0.1, 0.15) is 0 Å². The largest absolute Gasteiger partial charge is 0.493 e. The minimum atomic E-state index is -0.0501. The van der Waals surface area contributed by atoms with Crippen LogP contribution < -0.4 is 14.8 Å². The van der Waals surface area contributed by atoms with Gasteiger partial charge in [0.2, 0.25) is 5.91 Å². The SMILES string of the molecule is COc1ccc(-c2csc(NC(=O)CSCc3cccc(C)c3)n2)cc1OC. The number of thiazole rings is 1. The fourth-order valence-electron chi connectivity index (χ4n) is 2.68. The number of carbonyl (C=O) groups excluding carboxylic acids is 1. The highest BCUT2D eigenvalue weighted by Gasteiger charge is 2.11. The summed E-state index contributed by atoms with van der Waals surface area (Å²) in [4.78, 5) is 16.7. The van der Waals surface area contributed by atoms with Crippen LogP contribution in [0, 0.1) is 6.92 Å². The van der Waals surface area contributed by atoms with Crippen LogP contribution in [0.3, 0.4) is 0 Å². The lowest BCUT2D eigenvalue weighted by molar-refractivity contribution is -0.113. The van der Waals surface area contributed by atoms with E-state index in [1.165, 1.54) is 22.5 Å². The number of benzene rings is 2. The topological polar surface area (TPSA) is 60.5 Å². The number of aromatic nitrogens is 1. The Hall–Kier alpha value is -2.51. The Morgan fingerprint density at radius 3 is 2.71 bits per heavy atom. The number of amides is 1. The molecule has 0 aliphatic rings. The molecule has 0 atom stereocenters. The molecule has 2 aromatic carbocycles. The third-order valence-corrected chi connectivity index (χ3v) is 5.78. The zero-order valence-corrected chi connectivity index (χ0v) is 17.7. The molecule has 1 aromatic heterocycles. The van der Waals surface area contributed by atoms with E-state index in [1.807, 2.05) is 29.6 Å². The fraction of sp³-hybridized carbons (Fsp3) is 0.238. The van der Waals surface area contributed by atoms with Crippen molar-refractivity contribution < 1.29 is 14.3 Å². The van der Waals surface area contributed by atoms with E-state index in [4.69, 9.17) is 9.47 Å². The highest BCUT2D eigenvalue weighted by Crippen LogP contribution is 2.33. The molecule has 0 fully saturated rings. The average molecular weight is 415 g/mol. The number of nitrogens with one attached hydrogen (secondary N) is 1. The summed E-state index contributed by atoms with van der Waals surface area (Å²) < 4.78 is 10.6. The minimum Gasteiger partial charge on any atom is -0.493 e. The summed E-state index contributed by atoms with van der Waals surface area (Å²) in [7, 11) is 3.20. The normalized spacial score (nSPS) is 10.5. The third-order valence-electron chi connectivity index (χ3n) is 4.01. The number of ether oxygens (including phenoxy) is 2. The zero-order valence-electron chi connectivity index (χ0n) is 16.0. The van der Waals surface area contributed by atoms with Gasteiger partial charge in [-0.1, -0.05) is 29.8 Å². The number of methoxy groups -OCH3 is 2. The molecular weight excluding hydrogens is 392 g/mol. The van der Waals surface area contributed by atoms with Gasteiger partial charge in [0.15, 0.2) is 16.6 Å². The minimum absolute atomic E-state index is 0.0501. The van der Waals surface area contributed by atoms with Crippen LogP contribution in [0.1, 0.15) is 11.1 Å². The Labute approximate surface area is 173 Å². The van der Waals surface area contributed by atoms with Crippen LogP contribution in [0.25, 0.3) is 11.3 Å². The second-order valence-electron chi connectivity index (χ2n) is 6.14. The van der Waals surface area contributed by atoms with Crippen molar-refractivity contribution in [3.8, 4) is 22.8 Å². The quantitative estimate of drug-likeness (QED) is 0.562. The lowest BCUT2D eigenvalue weighted by Gasteiger charge is -2.08. The van der Waals surface area contributed by atoms with Crippen molar-refractivity contribution in [2.75, 3.05) is 25.3 Å². The highest BCUT2D eigenvalue weighted by molar-refractivity contribution is 7.99. The van der Waals surface area contributed by atoms with Gasteiger partial charge < -0.3 is 14.8 Å². The first kappa shape index (κ1) is 20.2. The first-order valence-electron chi connectivity index (χ1n) is 8.70. The van der Waals surface area contributed by atoms with E-state index in [0.29, 0.717) is 22.4 Å². The van der Waals surface area contributed by atoms with Crippen LogP contribution >= 0.6 is 23.1 Å². The van der Waals surface area contributed by atoms with Gasteiger partial charge >= 0.3 is 0 Å². The Bertz CT molecular complexity index is 956. The van der Waals surface area contributed by atoms with Crippen LogP contribution in [0.15, 0.2) is 47.8 Å². The van der Waals surface area contributed by atoms with Crippen LogP contribution in [0.4, 0.5) is 5.13 Å². The van der Waals surface area contributed by atoms with E-state index in [-0.39, 0.29) is 5.91 Å². The van der Waals surface area contributed by atoms with Crippen molar-refractivity contribution in [1.29, 1.82) is 0 Å². The van der Waals surface area contributed by atoms with Gasteiger partial charge in [-0.25, -0.2) is 4.98 Å². The number of hydrogen-bond donors (Lipinski definition) is 1. The van der Waals surface area contributed by atoms with Crippen LogP contribution in [0.2, 0.25) is 0 Å². The molecule has 0 unspecified atom stereocenters. The number of rotatable bonds is 8. The molecule has 146 valence electrons. The first-order chi connectivity index (χ1) is 13.6. The number of nitrogens with zero attached hydrogens (tertiary/aromatic N) is 1. The molecule has 0 saturated heterocycles. The van der Waals surface area contributed by atoms with E-state index >= 15 is 0 Å². The van der Waals surface area contributed by atoms with E-state index in [2.05, 4.69) is 35.4 Å². The van der Waals surface area contributed by atoms with Crippen molar-refractivity contribution in [2.45, 2.75) is 12.7 Å². The third kappa shape index (κ3) is 5.27. The molecule has 0 aliphatic heterocycles. The number of hydrogen-bond acceptors (Lipinski definition) is 6. The lowest BCUT2D eigenvalue weighted by Crippen LogP contribution is -2.14. The standard InChI is InChI=1S/C21H22N2O3S2/c1-14-5-4-6-15(9-14)11-27-13-20(24)23-21-22-17(12-28-21)16-7-8-18(25-2)19(10-16)26-3/h4-10,12H,11,13H2,1-3H3,(H,22,23,24). The molecule has 7 heteroatoms. The molecule has 0 bridgehead atoms. The van der Waals surface area contributed by atoms with Gasteiger partial charge in [0, 0.05) is 16.7 Å². The second kappa shape index (κ2) is 9.61. The summed E-state index contributed by atoms with van der Waals surface area (Å²) in [5, 5.41) is 5.37. The van der Waals surface area contributed by atoms with Crippen molar-refractivity contribution in [3.05, 3.63) is 59.0 Å². The summed E-state index contributed by atoms with van der Waals surface area (Å²) >= 11 is 2.99. The number of thioether (sulfide) groups is 1. The van der Waals surface area contributed by atoms with Crippen LogP contribution in [-0.2, 0) is 10.5 Å². The molecule has 0 spiro atoms. The Morgan fingerprint density at radius 2 is 1.96 bits per heavy atom. The maximum absolute atomic E-state index is 12.2. The second-order valence-corrected chi connectivity index (χ2v) is 7.98. The fourth-order valence-corrected chi connectivity index (χ4v) is 4.19.